The summed E-state index contributed by atoms with van der Waals surface area (Å²) in [6.45, 7) is 1.43. The molecular weight excluding hydrogens is 362 g/mol. The number of benzene rings is 2. The van der Waals surface area contributed by atoms with Gasteiger partial charge in [-0.25, -0.2) is 4.98 Å². The molecule has 2 N–H and O–H groups in total. The largest absolute Gasteiger partial charge is 0.495 e. The molecule has 2 aromatic carbocycles. The second kappa shape index (κ2) is 8.46. The van der Waals surface area contributed by atoms with Gasteiger partial charge in [0.25, 0.3) is 0 Å². The van der Waals surface area contributed by atoms with E-state index in [1.807, 2.05) is 35.7 Å². The van der Waals surface area contributed by atoms with Gasteiger partial charge in [0.05, 0.1) is 24.9 Å². The summed E-state index contributed by atoms with van der Waals surface area (Å²) in [6, 6.07) is 14.9. The number of hydrogen-bond donors (Lipinski definition) is 2. The lowest BCUT2D eigenvalue weighted by atomic mass is 10.2. The highest BCUT2D eigenvalue weighted by molar-refractivity contribution is 7.13. The number of aromatic nitrogens is 1. The first-order chi connectivity index (χ1) is 13.0. The van der Waals surface area contributed by atoms with Crippen LogP contribution in [-0.4, -0.2) is 23.9 Å². The molecule has 0 saturated heterocycles. The molecular formula is C20H19N3O3S. The molecule has 0 aliphatic carbocycles. The molecule has 1 heterocycles. The van der Waals surface area contributed by atoms with Crippen molar-refractivity contribution >= 4 is 34.5 Å². The maximum absolute atomic E-state index is 12.4. The summed E-state index contributed by atoms with van der Waals surface area (Å²) in [6.07, 6.45) is 0.150. The number of hydrogen-bond acceptors (Lipinski definition) is 5. The van der Waals surface area contributed by atoms with Gasteiger partial charge in [-0.2, -0.15) is 0 Å². The van der Waals surface area contributed by atoms with Gasteiger partial charge in [-0.15, -0.1) is 11.3 Å². The first-order valence-electron chi connectivity index (χ1n) is 8.30. The molecule has 0 unspecified atom stereocenters. The topological polar surface area (TPSA) is 80.3 Å². The highest BCUT2D eigenvalue weighted by Crippen LogP contribution is 2.28. The third-order valence-electron chi connectivity index (χ3n) is 3.71. The zero-order valence-electron chi connectivity index (χ0n) is 15.0. The van der Waals surface area contributed by atoms with Crippen molar-refractivity contribution in [2.75, 3.05) is 17.7 Å². The Morgan fingerprint density at radius 1 is 1.11 bits per heavy atom. The molecule has 0 aliphatic rings. The maximum Gasteiger partial charge on any atom is 0.230 e. The van der Waals surface area contributed by atoms with E-state index in [4.69, 9.17) is 4.74 Å². The zero-order valence-corrected chi connectivity index (χ0v) is 15.8. The molecule has 6 nitrogen and oxygen atoms in total. The average Bonchev–Trinajstić information content (AvgIpc) is 3.10. The summed E-state index contributed by atoms with van der Waals surface area (Å²) in [5.41, 5.74) is 2.80. The summed E-state index contributed by atoms with van der Waals surface area (Å²) in [4.78, 5) is 28.2. The van der Waals surface area contributed by atoms with E-state index in [2.05, 4.69) is 15.6 Å². The van der Waals surface area contributed by atoms with E-state index < -0.39 is 0 Å². The van der Waals surface area contributed by atoms with Crippen molar-refractivity contribution in [1.82, 2.24) is 4.98 Å². The standard InChI is InChI=1S/C20H19N3O3S/c1-13(24)21-15-8-9-18(26-2)17(10-15)23-19(25)11-16-12-27-20(22-16)14-6-4-3-5-7-14/h3-10,12H,11H2,1-2H3,(H,21,24)(H,23,25). The SMILES string of the molecule is COc1ccc(NC(C)=O)cc1NC(=O)Cc1csc(-c2ccccc2)n1. The fraction of sp³-hybridized carbons (Fsp3) is 0.150. The van der Waals surface area contributed by atoms with E-state index in [9.17, 15) is 9.59 Å². The van der Waals surface area contributed by atoms with Gasteiger partial charge in [-0.3, -0.25) is 9.59 Å². The average molecular weight is 381 g/mol. The zero-order chi connectivity index (χ0) is 19.2. The van der Waals surface area contributed by atoms with Crippen LogP contribution in [-0.2, 0) is 16.0 Å². The van der Waals surface area contributed by atoms with Crippen molar-refractivity contribution in [2.45, 2.75) is 13.3 Å². The molecule has 0 atom stereocenters. The van der Waals surface area contributed by atoms with E-state index >= 15 is 0 Å². The Bertz CT molecular complexity index is 954. The van der Waals surface area contributed by atoms with Crippen LogP contribution >= 0.6 is 11.3 Å². The number of nitrogens with one attached hydrogen (secondary N) is 2. The summed E-state index contributed by atoms with van der Waals surface area (Å²) in [7, 11) is 1.52. The number of thiazole rings is 1. The van der Waals surface area contributed by atoms with E-state index in [1.54, 1.807) is 18.2 Å². The summed E-state index contributed by atoms with van der Waals surface area (Å²) < 4.78 is 5.28. The number of anilines is 2. The first-order valence-corrected chi connectivity index (χ1v) is 9.18. The molecule has 3 rings (SSSR count). The maximum atomic E-state index is 12.4. The van der Waals surface area contributed by atoms with Crippen LogP contribution < -0.4 is 15.4 Å². The highest BCUT2D eigenvalue weighted by Gasteiger charge is 2.12. The van der Waals surface area contributed by atoms with Crippen LogP contribution in [0.4, 0.5) is 11.4 Å². The van der Waals surface area contributed by atoms with Crippen molar-refractivity contribution in [1.29, 1.82) is 0 Å². The minimum atomic E-state index is -0.210. The molecule has 0 bridgehead atoms. The normalized spacial score (nSPS) is 10.3. The Kier molecular flexibility index (Phi) is 5.83. The van der Waals surface area contributed by atoms with Crippen molar-refractivity contribution in [2.24, 2.45) is 0 Å². The number of carbonyl (C=O) groups excluding carboxylic acids is 2. The van der Waals surface area contributed by atoms with E-state index in [0.29, 0.717) is 22.8 Å². The Labute approximate surface area is 161 Å². The molecule has 7 heteroatoms. The molecule has 1 aromatic heterocycles. The molecule has 2 amide bonds. The molecule has 27 heavy (non-hydrogen) atoms. The number of nitrogens with zero attached hydrogens (tertiary/aromatic N) is 1. The summed E-state index contributed by atoms with van der Waals surface area (Å²) in [5, 5.41) is 8.27. The smallest absolute Gasteiger partial charge is 0.230 e. The van der Waals surface area contributed by atoms with Crippen LogP contribution in [0.5, 0.6) is 5.75 Å². The number of carbonyl (C=O) groups is 2. The fourth-order valence-electron chi connectivity index (χ4n) is 2.55. The molecule has 3 aromatic rings. The van der Waals surface area contributed by atoms with E-state index in [-0.39, 0.29) is 18.2 Å². The quantitative estimate of drug-likeness (QED) is 0.677. The highest BCUT2D eigenvalue weighted by atomic mass is 32.1. The van der Waals surface area contributed by atoms with Gasteiger partial charge in [0.1, 0.15) is 10.8 Å². The lowest BCUT2D eigenvalue weighted by Crippen LogP contribution is -2.15. The van der Waals surface area contributed by atoms with Gasteiger partial charge < -0.3 is 15.4 Å². The van der Waals surface area contributed by atoms with Crippen LogP contribution in [0.3, 0.4) is 0 Å². The van der Waals surface area contributed by atoms with Crippen LogP contribution in [0.25, 0.3) is 10.6 Å². The lowest BCUT2D eigenvalue weighted by Gasteiger charge is -2.12. The van der Waals surface area contributed by atoms with Crippen molar-refractivity contribution in [3.63, 3.8) is 0 Å². The second-order valence-electron chi connectivity index (χ2n) is 5.83. The predicted molar refractivity (Wildman–Crippen MR) is 107 cm³/mol. The fourth-order valence-corrected chi connectivity index (χ4v) is 3.37. The van der Waals surface area contributed by atoms with Crippen molar-refractivity contribution in [3.05, 3.63) is 59.6 Å². The first kappa shape index (κ1) is 18.6. The number of amides is 2. The third-order valence-corrected chi connectivity index (χ3v) is 4.65. The molecule has 0 spiro atoms. The van der Waals surface area contributed by atoms with E-state index in [0.717, 1.165) is 10.6 Å². The Balaban J connectivity index is 1.71. The molecule has 138 valence electrons. The van der Waals surface area contributed by atoms with Crippen LogP contribution in [0, 0.1) is 0 Å². The molecule has 0 saturated carbocycles. The van der Waals surface area contributed by atoms with Gasteiger partial charge in [0.15, 0.2) is 0 Å². The molecule has 0 aliphatic heterocycles. The van der Waals surface area contributed by atoms with Gasteiger partial charge in [0.2, 0.25) is 11.8 Å². The summed E-state index contributed by atoms with van der Waals surface area (Å²) in [5.74, 6) is 0.118. The van der Waals surface area contributed by atoms with Crippen LogP contribution in [0.15, 0.2) is 53.9 Å². The Morgan fingerprint density at radius 2 is 1.89 bits per heavy atom. The van der Waals surface area contributed by atoms with Gasteiger partial charge in [-0.05, 0) is 18.2 Å². The Morgan fingerprint density at radius 3 is 2.59 bits per heavy atom. The van der Waals surface area contributed by atoms with Gasteiger partial charge in [0, 0.05) is 23.6 Å². The monoisotopic (exact) mass is 381 g/mol. The second-order valence-corrected chi connectivity index (χ2v) is 6.69. The Hall–Kier alpha value is -3.19. The molecule has 0 radical (unpaired) electrons. The predicted octanol–water partition coefficient (Wildman–Crippen LogP) is 3.96. The third kappa shape index (κ3) is 4.92. The van der Waals surface area contributed by atoms with Crippen LogP contribution in [0.2, 0.25) is 0 Å². The minimum absolute atomic E-state index is 0.150. The van der Waals surface area contributed by atoms with Gasteiger partial charge >= 0.3 is 0 Å². The van der Waals surface area contributed by atoms with Crippen molar-refractivity contribution in [3.8, 4) is 16.3 Å². The lowest BCUT2D eigenvalue weighted by molar-refractivity contribution is -0.116. The van der Waals surface area contributed by atoms with Crippen LogP contribution in [0.1, 0.15) is 12.6 Å². The van der Waals surface area contributed by atoms with E-state index in [1.165, 1.54) is 25.4 Å². The summed E-state index contributed by atoms with van der Waals surface area (Å²) >= 11 is 1.50. The van der Waals surface area contributed by atoms with Gasteiger partial charge in [-0.1, -0.05) is 30.3 Å². The number of methoxy groups -OCH3 is 1. The minimum Gasteiger partial charge on any atom is -0.495 e. The number of ether oxygens (including phenoxy) is 1. The molecule has 0 fully saturated rings. The number of rotatable bonds is 6. The van der Waals surface area contributed by atoms with Crippen molar-refractivity contribution < 1.29 is 14.3 Å².